The van der Waals surface area contributed by atoms with Gasteiger partial charge in [0.2, 0.25) is 0 Å². The van der Waals surface area contributed by atoms with E-state index in [4.69, 9.17) is 17.3 Å². The molecule has 0 radical (unpaired) electrons. The zero-order chi connectivity index (χ0) is 10.3. The monoisotopic (exact) mass is 209 g/mol. The van der Waals surface area contributed by atoms with Crippen LogP contribution >= 0.6 is 11.6 Å². The minimum Gasteiger partial charge on any atom is -0.341 e. The maximum Gasteiger partial charge on any atom is 0.123 e. The van der Waals surface area contributed by atoms with Crippen molar-refractivity contribution >= 4 is 22.6 Å². The number of nitrogens with one attached hydrogen (secondary N) is 1. The van der Waals surface area contributed by atoms with Crippen molar-refractivity contribution in [3.63, 3.8) is 0 Å². The van der Waals surface area contributed by atoms with Crippen LogP contribution in [0.25, 0.3) is 11.0 Å². The predicted octanol–water partition coefficient (Wildman–Crippen LogP) is 2.54. The van der Waals surface area contributed by atoms with Gasteiger partial charge in [-0.25, -0.2) is 4.98 Å². The molecule has 0 saturated carbocycles. The first kappa shape index (κ1) is 9.49. The van der Waals surface area contributed by atoms with Crippen LogP contribution in [0, 0.1) is 6.92 Å². The lowest BCUT2D eigenvalue weighted by Gasteiger charge is -1.96. The Morgan fingerprint density at radius 2 is 2.21 bits per heavy atom. The van der Waals surface area contributed by atoms with Crippen molar-refractivity contribution in [1.29, 1.82) is 0 Å². The SMILES string of the molecule is Cc1c(Cl)ccc2[nH]c(C(C)N)nc12. The standard InChI is InChI=1S/C10H12ClN3/c1-5-7(11)3-4-8-9(5)14-10(13-8)6(2)12/h3-4,6H,12H2,1-2H3,(H,13,14). The molecule has 1 heterocycles. The fourth-order valence-electron chi connectivity index (χ4n) is 1.42. The molecule has 0 bridgehead atoms. The number of aryl methyl sites for hydroxylation is 1. The molecular formula is C10H12ClN3. The number of nitrogens with zero attached hydrogens (tertiary/aromatic N) is 1. The Balaban J connectivity index is 2.71. The molecule has 0 aliphatic heterocycles. The maximum absolute atomic E-state index is 5.99. The number of halogens is 1. The van der Waals surface area contributed by atoms with E-state index in [0.717, 1.165) is 27.4 Å². The number of H-pyrrole nitrogens is 1. The molecule has 1 unspecified atom stereocenters. The molecule has 0 aliphatic rings. The smallest absolute Gasteiger partial charge is 0.123 e. The highest BCUT2D eigenvalue weighted by Gasteiger charge is 2.09. The van der Waals surface area contributed by atoms with Crippen molar-refractivity contribution in [1.82, 2.24) is 9.97 Å². The van der Waals surface area contributed by atoms with Crippen LogP contribution in [-0.2, 0) is 0 Å². The molecule has 2 rings (SSSR count). The van der Waals surface area contributed by atoms with Gasteiger partial charge in [0.1, 0.15) is 5.82 Å². The van der Waals surface area contributed by atoms with Crippen LogP contribution < -0.4 is 5.73 Å². The number of aromatic nitrogens is 2. The lowest BCUT2D eigenvalue weighted by atomic mass is 10.2. The molecule has 0 fully saturated rings. The van der Waals surface area contributed by atoms with Crippen LogP contribution in [0.2, 0.25) is 5.02 Å². The van der Waals surface area contributed by atoms with Gasteiger partial charge in [-0.1, -0.05) is 11.6 Å². The summed E-state index contributed by atoms with van der Waals surface area (Å²) in [6.45, 7) is 3.85. The van der Waals surface area contributed by atoms with E-state index in [1.165, 1.54) is 0 Å². The summed E-state index contributed by atoms with van der Waals surface area (Å²) in [4.78, 5) is 7.58. The second-order valence-corrected chi connectivity index (χ2v) is 3.89. The Morgan fingerprint density at radius 3 is 2.86 bits per heavy atom. The highest BCUT2D eigenvalue weighted by atomic mass is 35.5. The molecule has 4 heteroatoms. The number of aromatic amines is 1. The first-order chi connectivity index (χ1) is 6.59. The Hall–Kier alpha value is -1.06. The van der Waals surface area contributed by atoms with E-state index in [1.54, 1.807) is 0 Å². The molecule has 1 atom stereocenters. The third-order valence-electron chi connectivity index (χ3n) is 2.29. The third-order valence-corrected chi connectivity index (χ3v) is 2.70. The summed E-state index contributed by atoms with van der Waals surface area (Å²) in [6.07, 6.45) is 0. The summed E-state index contributed by atoms with van der Waals surface area (Å²) in [5, 5.41) is 0.736. The van der Waals surface area contributed by atoms with Gasteiger partial charge in [0.05, 0.1) is 17.1 Å². The number of nitrogens with two attached hydrogens (primary N) is 1. The summed E-state index contributed by atoms with van der Waals surface area (Å²) in [6, 6.07) is 3.70. The zero-order valence-corrected chi connectivity index (χ0v) is 8.89. The second-order valence-electron chi connectivity index (χ2n) is 3.48. The molecule has 74 valence electrons. The first-order valence-corrected chi connectivity index (χ1v) is 4.87. The Morgan fingerprint density at radius 1 is 1.50 bits per heavy atom. The van der Waals surface area contributed by atoms with Gasteiger partial charge in [0.15, 0.2) is 0 Å². The molecule has 2 aromatic rings. The minimum atomic E-state index is -0.0828. The van der Waals surface area contributed by atoms with E-state index in [1.807, 2.05) is 26.0 Å². The van der Waals surface area contributed by atoms with Gasteiger partial charge in [0, 0.05) is 5.02 Å². The van der Waals surface area contributed by atoms with E-state index >= 15 is 0 Å². The molecule has 1 aromatic heterocycles. The van der Waals surface area contributed by atoms with E-state index in [9.17, 15) is 0 Å². The molecule has 3 nitrogen and oxygen atoms in total. The van der Waals surface area contributed by atoms with Gasteiger partial charge in [-0.2, -0.15) is 0 Å². The topological polar surface area (TPSA) is 54.7 Å². The summed E-state index contributed by atoms with van der Waals surface area (Å²) in [7, 11) is 0. The predicted molar refractivity (Wildman–Crippen MR) is 58.4 cm³/mol. The lowest BCUT2D eigenvalue weighted by molar-refractivity contribution is 0.760. The fraction of sp³-hybridized carbons (Fsp3) is 0.300. The van der Waals surface area contributed by atoms with Crippen molar-refractivity contribution < 1.29 is 0 Å². The first-order valence-electron chi connectivity index (χ1n) is 4.50. The Labute approximate surface area is 87.3 Å². The highest BCUT2D eigenvalue weighted by molar-refractivity contribution is 6.32. The Bertz CT molecular complexity index is 473. The quantitative estimate of drug-likeness (QED) is 0.759. The lowest BCUT2D eigenvalue weighted by Crippen LogP contribution is -2.06. The summed E-state index contributed by atoms with van der Waals surface area (Å²) < 4.78 is 0. The van der Waals surface area contributed by atoms with Gasteiger partial charge >= 0.3 is 0 Å². The number of fused-ring (bicyclic) bond motifs is 1. The van der Waals surface area contributed by atoms with Crippen LogP contribution in [0.15, 0.2) is 12.1 Å². The number of benzene rings is 1. The van der Waals surface area contributed by atoms with Crippen molar-refractivity contribution in [2.75, 3.05) is 0 Å². The molecule has 0 amide bonds. The molecule has 0 spiro atoms. The Kier molecular flexibility index (Phi) is 2.21. The van der Waals surface area contributed by atoms with Crippen LogP contribution in [0.1, 0.15) is 24.4 Å². The largest absolute Gasteiger partial charge is 0.341 e. The highest BCUT2D eigenvalue weighted by Crippen LogP contribution is 2.24. The van der Waals surface area contributed by atoms with Gasteiger partial charge in [-0.3, -0.25) is 0 Å². The van der Waals surface area contributed by atoms with Gasteiger partial charge in [-0.15, -0.1) is 0 Å². The molecule has 0 saturated heterocycles. The third kappa shape index (κ3) is 1.38. The molecule has 1 aromatic carbocycles. The van der Waals surface area contributed by atoms with Gasteiger partial charge in [0.25, 0.3) is 0 Å². The zero-order valence-electron chi connectivity index (χ0n) is 8.13. The van der Waals surface area contributed by atoms with Gasteiger partial charge in [-0.05, 0) is 31.5 Å². The fourth-order valence-corrected chi connectivity index (χ4v) is 1.58. The summed E-state index contributed by atoms with van der Waals surface area (Å²) in [5.74, 6) is 0.797. The second kappa shape index (κ2) is 3.26. The van der Waals surface area contributed by atoms with E-state index in [0.29, 0.717) is 0 Å². The van der Waals surface area contributed by atoms with Crippen molar-refractivity contribution in [2.24, 2.45) is 5.73 Å². The van der Waals surface area contributed by atoms with Crippen LogP contribution in [-0.4, -0.2) is 9.97 Å². The van der Waals surface area contributed by atoms with Crippen molar-refractivity contribution in [2.45, 2.75) is 19.9 Å². The number of imidazole rings is 1. The molecular weight excluding hydrogens is 198 g/mol. The summed E-state index contributed by atoms with van der Waals surface area (Å²) in [5.41, 5.74) is 8.62. The maximum atomic E-state index is 5.99. The van der Waals surface area contributed by atoms with E-state index in [2.05, 4.69) is 9.97 Å². The molecule has 3 N–H and O–H groups in total. The summed E-state index contributed by atoms with van der Waals surface area (Å²) >= 11 is 5.99. The van der Waals surface area contributed by atoms with E-state index < -0.39 is 0 Å². The van der Waals surface area contributed by atoms with Crippen LogP contribution in [0.3, 0.4) is 0 Å². The van der Waals surface area contributed by atoms with Crippen molar-refractivity contribution in [3.05, 3.63) is 28.5 Å². The van der Waals surface area contributed by atoms with Crippen LogP contribution in [0.5, 0.6) is 0 Å². The number of hydrogen-bond donors (Lipinski definition) is 2. The van der Waals surface area contributed by atoms with Crippen molar-refractivity contribution in [3.8, 4) is 0 Å². The molecule has 0 aliphatic carbocycles. The normalized spacial score (nSPS) is 13.4. The molecule has 14 heavy (non-hydrogen) atoms. The number of rotatable bonds is 1. The van der Waals surface area contributed by atoms with E-state index in [-0.39, 0.29) is 6.04 Å². The van der Waals surface area contributed by atoms with Crippen LogP contribution in [0.4, 0.5) is 0 Å². The minimum absolute atomic E-state index is 0.0828. The van der Waals surface area contributed by atoms with Gasteiger partial charge < -0.3 is 10.7 Å². The average Bonchev–Trinajstić information content (AvgIpc) is 2.56. The average molecular weight is 210 g/mol. The number of hydrogen-bond acceptors (Lipinski definition) is 2.